The van der Waals surface area contributed by atoms with Crippen LogP contribution in [0.5, 0.6) is 0 Å². The van der Waals surface area contributed by atoms with E-state index in [1.165, 1.54) is 15.6 Å². The number of nitrogens with zero attached hydrogens (tertiary/aromatic N) is 1. The normalized spacial score (nSPS) is 16.0. The maximum Gasteiger partial charge on any atom is 0.252 e. The van der Waals surface area contributed by atoms with Gasteiger partial charge in [-0.3, -0.25) is 4.79 Å². The number of nitrogens with one attached hydrogen (secondary N) is 1. The van der Waals surface area contributed by atoms with E-state index in [-0.39, 0.29) is 17.3 Å². The van der Waals surface area contributed by atoms with Crippen LogP contribution in [0.2, 0.25) is 0 Å². The zero-order valence-electron chi connectivity index (χ0n) is 13.0. The number of amides is 1. The third-order valence-electron chi connectivity index (χ3n) is 3.78. The van der Waals surface area contributed by atoms with Gasteiger partial charge < -0.3 is 10.1 Å². The van der Waals surface area contributed by atoms with Crippen molar-refractivity contribution in [2.75, 3.05) is 26.3 Å². The third-order valence-corrected chi connectivity index (χ3v) is 6.47. The van der Waals surface area contributed by atoms with Gasteiger partial charge in [-0.2, -0.15) is 15.6 Å². The Bertz CT molecular complexity index is 797. The Morgan fingerprint density at radius 2 is 1.96 bits per heavy atom. The number of carbonyl (C=O) groups excluding carboxylic acids is 1. The van der Waals surface area contributed by atoms with Gasteiger partial charge in [-0.15, -0.1) is 0 Å². The molecule has 8 heteroatoms. The second-order valence-corrected chi connectivity index (χ2v) is 8.01. The molecule has 3 rings (SSSR count). The van der Waals surface area contributed by atoms with Crippen molar-refractivity contribution in [3.05, 3.63) is 52.2 Å². The lowest BCUT2D eigenvalue weighted by Crippen LogP contribution is -2.41. The van der Waals surface area contributed by atoms with Crippen LogP contribution in [0, 0.1) is 0 Å². The molecule has 1 N–H and O–H groups in total. The number of thiophene rings is 1. The molecule has 0 unspecified atom stereocenters. The predicted octanol–water partition coefficient (Wildman–Crippen LogP) is 1.70. The summed E-state index contributed by atoms with van der Waals surface area (Å²) in [5.41, 5.74) is 1.15. The molecule has 0 spiro atoms. The van der Waals surface area contributed by atoms with Crippen LogP contribution >= 0.6 is 11.3 Å². The molecule has 0 atom stereocenters. The molecule has 2 heterocycles. The monoisotopic (exact) mass is 366 g/mol. The predicted molar refractivity (Wildman–Crippen MR) is 91.5 cm³/mol. The van der Waals surface area contributed by atoms with Gasteiger partial charge in [0.15, 0.2) is 0 Å². The van der Waals surface area contributed by atoms with Gasteiger partial charge in [-0.25, -0.2) is 8.42 Å². The second kappa shape index (κ2) is 7.43. The molecule has 1 aliphatic rings. The summed E-state index contributed by atoms with van der Waals surface area (Å²) in [5, 5.41) is 6.36. The van der Waals surface area contributed by atoms with Gasteiger partial charge in [0.25, 0.3) is 5.91 Å². The summed E-state index contributed by atoms with van der Waals surface area (Å²) < 4.78 is 32.3. The summed E-state index contributed by atoms with van der Waals surface area (Å²) in [6.45, 7) is 1.65. The first-order chi connectivity index (χ1) is 11.6. The number of sulfonamides is 1. The van der Waals surface area contributed by atoms with Gasteiger partial charge in [0.1, 0.15) is 0 Å². The molecule has 2 aromatic rings. The van der Waals surface area contributed by atoms with Crippen LogP contribution in [-0.4, -0.2) is 44.9 Å². The molecular formula is C16H18N2O4S2. The zero-order chi connectivity index (χ0) is 17.0. The minimum absolute atomic E-state index is 0.161. The van der Waals surface area contributed by atoms with Gasteiger partial charge in [0.2, 0.25) is 10.0 Å². The third kappa shape index (κ3) is 3.67. The zero-order valence-corrected chi connectivity index (χ0v) is 14.6. The van der Waals surface area contributed by atoms with Crippen LogP contribution in [0.4, 0.5) is 0 Å². The fraction of sp³-hybridized carbons (Fsp3) is 0.312. The maximum absolute atomic E-state index is 12.8. The quantitative estimate of drug-likeness (QED) is 0.874. The molecule has 0 saturated carbocycles. The van der Waals surface area contributed by atoms with E-state index >= 15 is 0 Å². The number of rotatable bonds is 5. The SMILES string of the molecule is O=C(NCc1ccccc1S(=O)(=O)N1CCOCC1)c1ccsc1. The Morgan fingerprint density at radius 3 is 2.67 bits per heavy atom. The van der Waals surface area contributed by atoms with E-state index in [9.17, 15) is 13.2 Å². The van der Waals surface area contributed by atoms with Crippen molar-refractivity contribution >= 4 is 27.3 Å². The number of hydrogen-bond acceptors (Lipinski definition) is 5. The van der Waals surface area contributed by atoms with Crippen molar-refractivity contribution < 1.29 is 17.9 Å². The van der Waals surface area contributed by atoms with Crippen molar-refractivity contribution in [3.63, 3.8) is 0 Å². The number of hydrogen-bond donors (Lipinski definition) is 1. The molecule has 1 aromatic carbocycles. The van der Waals surface area contributed by atoms with Gasteiger partial charge in [0, 0.05) is 30.6 Å². The lowest BCUT2D eigenvalue weighted by molar-refractivity contribution is 0.0730. The van der Waals surface area contributed by atoms with Crippen molar-refractivity contribution in [3.8, 4) is 0 Å². The average molecular weight is 366 g/mol. The summed E-state index contributed by atoms with van der Waals surface area (Å²) in [7, 11) is -3.59. The second-order valence-electron chi connectivity index (χ2n) is 5.32. The van der Waals surface area contributed by atoms with E-state index in [1.807, 2.05) is 5.38 Å². The molecule has 1 aromatic heterocycles. The number of benzene rings is 1. The van der Waals surface area contributed by atoms with E-state index in [0.717, 1.165) is 0 Å². The van der Waals surface area contributed by atoms with Crippen LogP contribution in [0.3, 0.4) is 0 Å². The van der Waals surface area contributed by atoms with Crippen molar-refractivity contribution in [1.82, 2.24) is 9.62 Å². The first kappa shape index (κ1) is 17.1. The smallest absolute Gasteiger partial charge is 0.252 e. The summed E-state index contributed by atoms with van der Waals surface area (Å²) in [5.74, 6) is -0.213. The van der Waals surface area contributed by atoms with E-state index in [1.54, 1.807) is 35.7 Å². The Hall–Kier alpha value is -1.74. The lowest BCUT2D eigenvalue weighted by Gasteiger charge is -2.27. The van der Waals surface area contributed by atoms with Crippen molar-refractivity contribution in [2.45, 2.75) is 11.4 Å². The summed E-state index contributed by atoms with van der Waals surface area (Å²) in [6.07, 6.45) is 0. The average Bonchev–Trinajstić information content (AvgIpc) is 3.15. The van der Waals surface area contributed by atoms with E-state index in [4.69, 9.17) is 4.74 Å². The largest absolute Gasteiger partial charge is 0.379 e. The molecule has 1 aliphatic heterocycles. The van der Waals surface area contributed by atoms with Gasteiger partial charge in [-0.05, 0) is 23.1 Å². The van der Waals surface area contributed by atoms with E-state index < -0.39 is 10.0 Å². The molecule has 24 heavy (non-hydrogen) atoms. The number of carbonyl (C=O) groups is 1. The Kier molecular flexibility index (Phi) is 5.30. The number of ether oxygens (including phenoxy) is 1. The highest BCUT2D eigenvalue weighted by atomic mass is 32.2. The molecule has 6 nitrogen and oxygen atoms in total. The van der Waals surface area contributed by atoms with Crippen molar-refractivity contribution in [2.24, 2.45) is 0 Å². The summed E-state index contributed by atoms with van der Waals surface area (Å²) in [4.78, 5) is 12.3. The fourth-order valence-corrected chi connectivity index (χ4v) is 4.76. The lowest BCUT2D eigenvalue weighted by atomic mass is 10.2. The van der Waals surface area contributed by atoms with Crippen LogP contribution in [0.1, 0.15) is 15.9 Å². The molecular weight excluding hydrogens is 348 g/mol. The van der Waals surface area contributed by atoms with Crippen LogP contribution in [0.25, 0.3) is 0 Å². The summed E-state index contributed by atoms with van der Waals surface area (Å²) >= 11 is 1.44. The number of morpholine rings is 1. The minimum Gasteiger partial charge on any atom is -0.379 e. The Balaban J connectivity index is 1.78. The molecule has 1 fully saturated rings. The van der Waals surface area contributed by atoms with Gasteiger partial charge in [0.05, 0.1) is 18.1 Å². The molecule has 1 amide bonds. The first-order valence-electron chi connectivity index (χ1n) is 7.55. The summed E-state index contributed by atoms with van der Waals surface area (Å²) in [6, 6.07) is 8.50. The highest BCUT2D eigenvalue weighted by molar-refractivity contribution is 7.89. The minimum atomic E-state index is -3.59. The van der Waals surface area contributed by atoms with E-state index in [2.05, 4.69) is 5.32 Å². The highest BCUT2D eigenvalue weighted by Gasteiger charge is 2.28. The fourth-order valence-electron chi connectivity index (χ4n) is 2.50. The van der Waals surface area contributed by atoms with Gasteiger partial charge in [-0.1, -0.05) is 18.2 Å². The molecule has 0 bridgehead atoms. The molecule has 1 saturated heterocycles. The topological polar surface area (TPSA) is 75.7 Å². The van der Waals surface area contributed by atoms with Crippen LogP contribution in [0.15, 0.2) is 46.0 Å². The Labute approximate surface area is 145 Å². The van der Waals surface area contributed by atoms with Crippen LogP contribution < -0.4 is 5.32 Å². The molecule has 128 valence electrons. The Morgan fingerprint density at radius 1 is 1.21 bits per heavy atom. The van der Waals surface area contributed by atoms with Crippen LogP contribution in [-0.2, 0) is 21.3 Å². The molecule has 0 radical (unpaired) electrons. The standard InChI is InChI=1S/C16H18N2O4S2/c19-16(14-5-10-23-12-14)17-11-13-3-1-2-4-15(13)24(20,21)18-6-8-22-9-7-18/h1-5,10,12H,6-9,11H2,(H,17,19). The highest BCUT2D eigenvalue weighted by Crippen LogP contribution is 2.21. The first-order valence-corrected chi connectivity index (χ1v) is 9.93. The maximum atomic E-state index is 12.8. The van der Waals surface area contributed by atoms with E-state index in [0.29, 0.717) is 37.4 Å². The molecule has 0 aliphatic carbocycles. The van der Waals surface area contributed by atoms with Gasteiger partial charge >= 0.3 is 0 Å². The van der Waals surface area contributed by atoms with Crippen molar-refractivity contribution in [1.29, 1.82) is 0 Å².